The van der Waals surface area contributed by atoms with Gasteiger partial charge in [-0.1, -0.05) is 112 Å². The quantitative estimate of drug-likeness (QED) is 0.127. The molecule has 326 valence electrons. The zero-order chi connectivity index (χ0) is 42.7. The average Bonchev–Trinajstić information content (AvgIpc) is 3.66. The Balaban J connectivity index is -0.00000506. The van der Waals surface area contributed by atoms with Crippen LogP contribution in [0.5, 0.6) is 0 Å². The summed E-state index contributed by atoms with van der Waals surface area (Å²) in [4.78, 5) is 71.5. The second-order valence-electron chi connectivity index (χ2n) is 16.1. The number of amides is 4. The predicted molar refractivity (Wildman–Crippen MR) is 230 cm³/mol. The fourth-order valence-corrected chi connectivity index (χ4v) is 7.69. The molecule has 1 aromatic carbocycles. The molecule has 9 unspecified atom stereocenters. The molecule has 0 bridgehead atoms. The SMILES string of the molecule is CCC.CCC(=O)C(Cc1ccccc1)NC(=O)C(C)C(OC)C1CCCN1C(=O)CC(OC)C(C(C)CC)N(C)C(=O)C(NC(=O)C(NC)C(C)C)C(C)C.[HH].[HH].[HH]. The standard InChI is InChI=1S/C41H69N5O7.C3H8.3H2/c1-13-27(7)37(45(10)41(51)36(26(5)6)44-40(50)35(42-9)25(3)4)33(52-11)24-34(48)46-22-18-21-31(46)38(53-12)28(8)39(49)43-30(32(47)14-2)23-29-19-16-15-17-20-29;1-3-2;;;/h15-17,19-20,25-28,30-31,33,35-38,42H,13-14,18,21-24H2,1-12H3,(H,43,49)(H,44,50);3H2,1-2H3;3*1H. The lowest BCUT2D eigenvalue weighted by atomic mass is 9.89. The monoisotopic (exact) mass is 794 g/mol. The molecule has 2 rings (SSSR count). The molecule has 0 spiro atoms. The maximum absolute atomic E-state index is 14.2. The topological polar surface area (TPSA) is 146 Å². The van der Waals surface area contributed by atoms with Gasteiger partial charge in [0.1, 0.15) is 6.04 Å². The maximum Gasteiger partial charge on any atom is 0.245 e. The van der Waals surface area contributed by atoms with E-state index in [4.69, 9.17) is 9.47 Å². The zero-order valence-electron chi connectivity index (χ0n) is 37.1. The van der Waals surface area contributed by atoms with Crippen LogP contribution in [0.2, 0.25) is 0 Å². The summed E-state index contributed by atoms with van der Waals surface area (Å²) in [6.07, 6.45) is 2.88. The Hall–Kier alpha value is -3.35. The minimum Gasteiger partial charge on any atom is -0.379 e. The normalized spacial score (nSPS) is 18.4. The van der Waals surface area contributed by atoms with Gasteiger partial charge in [-0.05, 0) is 49.6 Å². The molecule has 0 radical (unpaired) electrons. The summed E-state index contributed by atoms with van der Waals surface area (Å²) in [6, 6.07) is 6.91. The highest BCUT2D eigenvalue weighted by molar-refractivity contribution is 5.91. The van der Waals surface area contributed by atoms with Gasteiger partial charge >= 0.3 is 0 Å². The van der Waals surface area contributed by atoms with Crippen LogP contribution in [0, 0.1) is 23.7 Å². The molecule has 0 saturated carbocycles. The van der Waals surface area contributed by atoms with Crippen LogP contribution in [0.3, 0.4) is 0 Å². The molecule has 1 aliphatic rings. The van der Waals surface area contributed by atoms with Crippen molar-refractivity contribution in [1.29, 1.82) is 0 Å². The molecule has 1 fully saturated rings. The molecule has 1 aliphatic heterocycles. The highest BCUT2D eigenvalue weighted by Gasteiger charge is 2.43. The number of likely N-dealkylation sites (N-methyl/N-ethyl adjacent to an activating group) is 2. The van der Waals surface area contributed by atoms with Gasteiger partial charge in [0, 0.05) is 38.5 Å². The maximum atomic E-state index is 14.2. The number of Topliss-reactive ketones (excluding diaryl/α,β-unsaturated/α-hetero) is 1. The Morgan fingerprint density at radius 1 is 0.875 bits per heavy atom. The van der Waals surface area contributed by atoms with E-state index in [0.717, 1.165) is 18.4 Å². The molecule has 56 heavy (non-hydrogen) atoms. The van der Waals surface area contributed by atoms with Gasteiger partial charge in [-0.2, -0.15) is 0 Å². The van der Waals surface area contributed by atoms with Crippen LogP contribution in [0.4, 0.5) is 0 Å². The summed E-state index contributed by atoms with van der Waals surface area (Å²) in [5, 5.41) is 9.02. The lowest BCUT2D eigenvalue weighted by molar-refractivity contribution is -0.148. The minimum absolute atomic E-state index is 0. The van der Waals surface area contributed by atoms with Gasteiger partial charge in [0.25, 0.3) is 0 Å². The highest BCUT2D eigenvalue weighted by atomic mass is 16.5. The van der Waals surface area contributed by atoms with Crippen molar-refractivity contribution >= 4 is 29.4 Å². The molecule has 1 saturated heterocycles. The smallest absolute Gasteiger partial charge is 0.245 e. The van der Waals surface area contributed by atoms with Crippen LogP contribution in [0.25, 0.3) is 0 Å². The molecule has 1 aromatic rings. The molecule has 3 N–H and O–H groups in total. The van der Waals surface area contributed by atoms with E-state index in [-0.39, 0.29) is 63.9 Å². The molecular weight excluding hydrogens is 711 g/mol. The minimum atomic E-state index is -0.764. The van der Waals surface area contributed by atoms with E-state index >= 15 is 0 Å². The lowest BCUT2D eigenvalue weighted by Crippen LogP contribution is -2.59. The van der Waals surface area contributed by atoms with E-state index in [2.05, 4.69) is 29.8 Å². The van der Waals surface area contributed by atoms with Crippen LogP contribution in [0.15, 0.2) is 30.3 Å². The first-order valence-corrected chi connectivity index (χ1v) is 21.0. The van der Waals surface area contributed by atoms with Gasteiger partial charge in [-0.15, -0.1) is 0 Å². The van der Waals surface area contributed by atoms with Gasteiger partial charge in [0.2, 0.25) is 23.6 Å². The van der Waals surface area contributed by atoms with Crippen LogP contribution in [-0.2, 0) is 39.9 Å². The molecular formula is C44H83N5O7. The highest BCUT2D eigenvalue weighted by Crippen LogP contribution is 2.30. The van der Waals surface area contributed by atoms with Crippen LogP contribution in [0.1, 0.15) is 118 Å². The summed E-state index contributed by atoms with van der Waals surface area (Å²) in [5.41, 5.74) is 0.955. The largest absolute Gasteiger partial charge is 0.379 e. The second kappa shape index (κ2) is 25.8. The summed E-state index contributed by atoms with van der Waals surface area (Å²) >= 11 is 0. The molecule has 12 nitrogen and oxygen atoms in total. The Kier molecular flexibility index (Phi) is 23.4. The van der Waals surface area contributed by atoms with Gasteiger partial charge in [-0.3, -0.25) is 24.0 Å². The van der Waals surface area contributed by atoms with E-state index in [1.165, 1.54) is 6.42 Å². The number of methoxy groups -OCH3 is 2. The van der Waals surface area contributed by atoms with Gasteiger partial charge in [0.05, 0.1) is 48.7 Å². The number of ether oxygens (including phenoxy) is 2. The summed E-state index contributed by atoms with van der Waals surface area (Å²) < 4.78 is 12.0. The number of carbonyl (C=O) groups excluding carboxylic acids is 5. The number of ketones is 1. The zero-order valence-corrected chi connectivity index (χ0v) is 37.1. The molecule has 0 aliphatic carbocycles. The Labute approximate surface area is 343 Å². The first kappa shape index (κ1) is 50.7. The Bertz CT molecular complexity index is 1360. The lowest BCUT2D eigenvalue weighted by Gasteiger charge is -2.41. The number of rotatable bonds is 22. The van der Waals surface area contributed by atoms with E-state index in [0.29, 0.717) is 25.8 Å². The number of hydrogen-bond acceptors (Lipinski definition) is 8. The van der Waals surface area contributed by atoms with Crippen LogP contribution < -0.4 is 16.0 Å². The average molecular weight is 794 g/mol. The number of hydrogen-bond donors (Lipinski definition) is 3. The van der Waals surface area contributed by atoms with Gasteiger partial charge < -0.3 is 35.2 Å². The van der Waals surface area contributed by atoms with Gasteiger partial charge in [-0.25, -0.2) is 0 Å². The van der Waals surface area contributed by atoms with Crippen LogP contribution in [-0.4, -0.2) is 116 Å². The van der Waals surface area contributed by atoms with Crippen molar-refractivity contribution in [1.82, 2.24) is 25.8 Å². The number of benzene rings is 1. The van der Waals surface area contributed by atoms with E-state index < -0.39 is 42.3 Å². The van der Waals surface area contributed by atoms with E-state index in [1.54, 1.807) is 52.0 Å². The number of nitrogens with zero attached hydrogens (tertiary/aromatic N) is 2. The van der Waals surface area contributed by atoms with Crippen molar-refractivity contribution in [3.05, 3.63) is 35.9 Å². The molecule has 9 atom stereocenters. The van der Waals surface area contributed by atoms with Gasteiger partial charge in [0.15, 0.2) is 5.78 Å². The van der Waals surface area contributed by atoms with E-state index in [1.807, 2.05) is 71.9 Å². The summed E-state index contributed by atoms with van der Waals surface area (Å²) in [6.45, 7) is 20.1. The predicted octanol–water partition coefficient (Wildman–Crippen LogP) is 6.15. The third-order valence-electron chi connectivity index (χ3n) is 11.1. The Morgan fingerprint density at radius 3 is 1.95 bits per heavy atom. The second-order valence-corrected chi connectivity index (χ2v) is 16.1. The van der Waals surface area contributed by atoms with E-state index in [9.17, 15) is 24.0 Å². The van der Waals surface area contributed by atoms with Crippen LogP contribution >= 0.6 is 0 Å². The molecule has 1 heterocycles. The fraction of sp³-hybridized carbons (Fsp3) is 0.750. The molecule has 4 amide bonds. The number of nitrogens with one attached hydrogen (secondary N) is 3. The summed E-state index contributed by atoms with van der Waals surface area (Å²) in [5.74, 6) is -1.78. The summed E-state index contributed by atoms with van der Waals surface area (Å²) in [7, 11) is 6.57. The van der Waals surface area contributed by atoms with Crippen molar-refractivity contribution < 1.29 is 37.7 Å². The van der Waals surface area contributed by atoms with Crippen molar-refractivity contribution in [3.63, 3.8) is 0 Å². The van der Waals surface area contributed by atoms with Crippen molar-refractivity contribution in [2.75, 3.05) is 34.9 Å². The molecule has 12 heteroatoms. The van der Waals surface area contributed by atoms with Crippen molar-refractivity contribution in [3.8, 4) is 0 Å². The third kappa shape index (κ3) is 14.5. The van der Waals surface area contributed by atoms with Crippen molar-refractivity contribution in [2.24, 2.45) is 23.7 Å². The first-order chi connectivity index (χ1) is 26.5. The fourth-order valence-electron chi connectivity index (χ4n) is 7.69. The first-order valence-electron chi connectivity index (χ1n) is 21.0. The number of carbonyl (C=O) groups is 5. The molecule has 0 aromatic heterocycles. The third-order valence-corrected chi connectivity index (χ3v) is 11.1. The van der Waals surface area contributed by atoms with Crippen molar-refractivity contribution in [2.45, 2.75) is 157 Å². The Morgan fingerprint density at radius 2 is 1.46 bits per heavy atom. The number of likely N-dealkylation sites (tertiary alicyclic amines) is 1.